The summed E-state index contributed by atoms with van der Waals surface area (Å²) in [6.07, 6.45) is 0. The Labute approximate surface area is 120 Å². The lowest BCUT2D eigenvalue weighted by Gasteiger charge is -2.22. The summed E-state index contributed by atoms with van der Waals surface area (Å²) in [5, 5.41) is -0.171. The minimum atomic E-state index is -0.483. The number of benzene rings is 1. The fourth-order valence-electron chi connectivity index (χ4n) is 2.29. The molecule has 0 spiro atoms. The van der Waals surface area contributed by atoms with Crippen LogP contribution in [0, 0.1) is 12.7 Å². The van der Waals surface area contributed by atoms with Crippen molar-refractivity contribution in [3.63, 3.8) is 0 Å². The Morgan fingerprint density at radius 2 is 2.15 bits per heavy atom. The number of carbonyl (C=O) groups is 1. The number of thioether (sulfide) groups is 1. The van der Waals surface area contributed by atoms with E-state index >= 15 is 0 Å². The standard InChI is InChI=1S/C15H14FNO2S/c1-10-6-7-13(19-10)15-17(8-9-20-15)14(18)11-4-2-3-5-12(11)16/h2-7,15H,8-9H2,1H3. The quantitative estimate of drug-likeness (QED) is 0.847. The van der Waals surface area contributed by atoms with E-state index in [2.05, 4.69) is 0 Å². The lowest BCUT2D eigenvalue weighted by Crippen LogP contribution is -2.30. The van der Waals surface area contributed by atoms with E-state index in [-0.39, 0.29) is 16.8 Å². The summed E-state index contributed by atoms with van der Waals surface area (Å²) < 4.78 is 19.4. The van der Waals surface area contributed by atoms with Crippen molar-refractivity contribution in [1.29, 1.82) is 0 Å². The Kier molecular flexibility index (Phi) is 3.53. The molecule has 1 fully saturated rings. The molecule has 1 aliphatic rings. The van der Waals surface area contributed by atoms with Gasteiger partial charge in [-0.3, -0.25) is 4.79 Å². The third-order valence-electron chi connectivity index (χ3n) is 3.26. The van der Waals surface area contributed by atoms with Gasteiger partial charge in [-0.15, -0.1) is 11.8 Å². The van der Waals surface area contributed by atoms with E-state index in [4.69, 9.17) is 4.42 Å². The Hall–Kier alpha value is -1.75. The summed E-state index contributed by atoms with van der Waals surface area (Å²) in [6.45, 7) is 2.47. The molecule has 0 radical (unpaired) electrons. The van der Waals surface area contributed by atoms with Crippen molar-refractivity contribution in [2.75, 3.05) is 12.3 Å². The third kappa shape index (κ3) is 2.33. The molecule has 2 aromatic rings. The number of amides is 1. The van der Waals surface area contributed by atoms with Crippen LogP contribution in [-0.4, -0.2) is 23.1 Å². The van der Waals surface area contributed by atoms with Gasteiger partial charge in [-0.05, 0) is 31.2 Å². The topological polar surface area (TPSA) is 33.5 Å². The monoisotopic (exact) mass is 291 g/mol. The molecule has 0 N–H and O–H groups in total. The van der Waals surface area contributed by atoms with Gasteiger partial charge in [0.05, 0.1) is 5.56 Å². The first-order chi connectivity index (χ1) is 9.66. The van der Waals surface area contributed by atoms with Gasteiger partial charge in [-0.25, -0.2) is 4.39 Å². The van der Waals surface area contributed by atoms with E-state index < -0.39 is 5.82 Å². The molecule has 1 saturated heterocycles. The third-order valence-corrected chi connectivity index (χ3v) is 4.48. The van der Waals surface area contributed by atoms with Crippen LogP contribution in [0.1, 0.15) is 27.3 Å². The van der Waals surface area contributed by atoms with Gasteiger partial charge in [-0.2, -0.15) is 0 Å². The van der Waals surface area contributed by atoms with Crippen LogP contribution in [0.2, 0.25) is 0 Å². The van der Waals surface area contributed by atoms with Crippen LogP contribution in [0.15, 0.2) is 40.8 Å². The van der Waals surface area contributed by atoms with Crippen molar-refractivity contribution in [1.82, 2.24) is 4.90 Å². The molecule has 0 saturated carbocycles. The van der Waals surface area contributed by atoms with Crippen LogP contribution in [0.5, 0.6) is 0 Å². The van der Waals surface area contributed by atoms with Gasteiger partial charge >= 0.3 is 0 Å². The molecular formula is C15H14FNO2S. The molecule has 5 heteroatoms. The van der Waals surface area contributed by atoms with E-state index in [1.165, 1.54) is 12.1 Å². The minimum absolute atomic E-state index is 0.114. The Balaban J connectivity index is 1.89. The summed E-state index contributed by atoms with van der Waals surface area (Å²) in [7, 11) is 0. The maximum atomic E-state index is 13.7. The number of hydrogen-bond acceptors (Lipinski definition) is 3. The molecule has 1 amide bonds. The largest absolute Gasteiger partial charge is 0.463 e. The number of halogens is 1. The maximum absolute atomic E-state index is 13.7. The van der Waals surface area contributed by atoms with Gasteiger partial charge in [0.15, 0.2) is 0 Å². The number of carbonyl (C=O) groups excluding carboxylic acids is 1. The number of rotatable bonds is 2. The van der Waals surface area contributed by atoms with Gasteiger partial charge in [0.1, 0.15) is 22.7 Å². The van der Waals surface area contributed by atoms with E-state index in [1.54, 1.807) is 28.8 Å². The molecule has 0 bridgehead atoms. The highest BCUT2D eigenvalue weighted by molar-refractivity contribution is 7.99. The Bertz CT molecular complexity index is 640. The minimum Gasteiger partial charge on any atom is -0.463 e. The molecule has 1 atom stereocenters. The maximum Gasteiger partial charge on any atom is 0.258 e. The van der Waals surface area contributed by atoms with Crippen LogP contribution in [0.25, 0.3) is 0 Å². The number of furan rings is 1. The number of hydrogen-bond donors (Lipinski definition) is 0. The van der Waals surface area contributed by atoms with Crippen LogP contribution < -0.4 is 0 Å². The normalized spacial score (nSPS) is 18.5. The van der Waals surface area contributed by atoms with Crippen LogP contribution in [0.4, 0.5) is 4.39 Å². The van der Waals surface area contributed by atoms with Crippen molar-refractivity contribution in [3.05, 3.63) is 59.3 Å². The van der Waals surface area contributed by atoms with Gasteiger partial charge in [0.2, 0.25) is 0 Å². The van der Waals surface area contributed by atoms with Crippen molar-refractivity contribution in [2.45, 2.75) is 12.3 Å². The molecule has 104 valence electrons. The SMILES string of the molecule is Cc1ccc(C2SCCN2C(=O)c2ccccc2F)o1. The average Bonchev–Trinajstić information content (AvgIpc) is 3.06. The molecule has 2 heterocycles. The zero-order valence-electron chi connectivity index (χ0n) is 11.0. The molecule has 0 aliphatic carbocycles. The first-order valence-electron chi connectivity index (χ1n) is 6.40. The molecular weight excluding hydrogens is 277 g/mol. The van der Waals surface area contributed by atoms with Crippen molar-refractivity contribution >= 4 is 17.7 Å². The molecule has 3 rings (SSSR count). The van der Waals surface area contributed by atoms with Crippen LogP contribution in [-0.2, 0) is 0 Å². The first-order valence-corrected chi connectivity index (χ1v) is 7.45. The lowest BCUT2D eigenvalue weighted by molar-refractivity contribution is 0.0744. The Morgan fingerprint density at radius 1 is 1.35 bits per heavy atom. The molecule has 1 unspecified atom stereocenters. The summed E-state index contributed by atoms with van der Waals surface area (Å²) >= 11 is 1.63. The Morgan fingerprint density at radius 3 is 2.85 bits per heavy atom. The first kappa shape index (κ1) is 13.2. The number of aryl methyl sites for hydroxylation is 1. The van der Waals surface area contributed by atoms with E-state index in [9.17, 15) is 9.18 Å². The van der Waals surface area contributed by atoms with E-state index in [1.807, 2.05) is 19.1 Å². The van der Waals surface area contributed by atoms with Gasteiger partial charge in [0.25, 0.3) is 5.91 Å². The van der Waals surface area contributed by atoms with Gasteiger partial charge < -0.3 is 9.32 Å². The molecule has 3 nitrogen and oxygen atoms in total. The second kappa shape index (κ2) is 5.32. The predicted molar refractivity (Wildman–Crippen MR) is 76.1 cm³/mol. The zero-order valence-corrected chi connectivity index (χ0v) is 11.8. The second-order valence-corrected chi connectivity index (χ2v) is 5.84. The van der Waals surface area contributed by atoms with Crippen LogP contribution >= 0.6 is 11.8 Å². The van der Waals surface area contributed by atoms with E-state index in [0.29, 0.717) is 6.54 Å². The fraction of sp³-hybridized carbons (Fsp3) is 0.267. The fourth-order valence-corrected chi connectivity index (χ4v) is 3.49. The molecule has 20 heavy (non-hydrogen) atoms. The second-order valence-electron chi connectivity index (χ2n) is 4.65. The number of nitrogens with zero attached hydrogens (tertiary/aromatic N) is 1. The molecule has 1 aliphatic heterocycles. The summed E-state index contributed by atoms with van der Waals surface area (Å²) in [5.41, 5.74) is 0.114. The zero-order chi connectivity index (χ0) is 14.1. The summed E-state index contributed by atoms with van der Waals surface area (Å²) in [4.78, 5) is 14.2. The van der Waals surface area contributed by atoms with Crippen molar-refractivity contribution in [3.8, 4) is 0 Å². The van der Waals surface area contributed by atoms with E-state index in [0.717, 1.165) is 17.3 Å². The van der Waals surface area contributed by atoms with Crippen molar-refractivity contribution < 1.29 is 13.6 Å². The highest BCUT2D eigenvalue weighted by atomic mass is 32.2. The van der Waals surface area contributed by atoms with Gasteiger partial charge in [-0.1, -0.05) is 12.1 Å². The lowest BCUT2D eigenvalue weighted by atomic mass is 10.2. The summed E-state index contributed by atoms with van der Waals surface area (Å²) in [5.74, 6) is 1.61. The highest BCUT2D eigenvalue weighted by Gasteiger charge is 2.34. The smallest absolute Gasteiger partial charge is 0.258 e. The van der Waals surface area contributed by atoms with Crippen molar-refractivity contribution in [2.24, 2.45) is 0 Å². The average molecular weight is 291 g/mol. The van der Waals surface area contributed by atoms with Gasteiger partial charge in [0, 0.05) is 12.3 Å². The summed E-state index contributed by atoms with van der Waals surface area (Å²) in [6, 6.07) is 9.83. The highest BCUT2D eigenvalue weighted by Crippen LogP contribution is 2.39. The molecule has 1 aromatic heterocycles. The predicted octanol–water partition coefficient (Wildman–Crippen LogP) is 3.61. The molecule has 1 aromatic carbocycles. The van der Waals surface area contributed by atoms with Crippen LogP contribution in [0.3, 0.4) is 0 Å².